The molecule has 3 nitrogen and oxygen atoms in total. The summed E-state index contributed by atoms with van der Waals surface area (Å²) in [6.07, 6.45) is 1.85. The van der Waals surface area contributed by atoms with Crippen molar-refractivity contribution in [3.8, 4) is 0 Å². The minimum Gasteiger partial charge on any atom is -0.464 e. The molecule has 0 radical (unpaired) electrons. The largest absolute Gasteiger partial charge is 0.464 e. The van der Waals surface area contributed by atoms with Crippen LogP contribution in [0.25, 0.3) is 0 Å². The third-order valence-corrected chi connectivity index (χ3v) is 3.07. The molecule has 0 saturated heterocycles. The number of esters is 1. The second-order valence-electron chi connectivity index (χ2n) is 3.48. The summed E-state index contributed by atoms with van der Waals surface area (Å²) in [6, 6.07) is 3.83. The summed E-state index contributed by atoms with van der Waals surface area (Å²) < 4.78 is 10.7. The van der Waals surface area contributed by atoms with Gasteiger partial charge in [-0.2, -0.15) is 0 Å². The molecule has 1 heterocycles. The van der Waals surface area contributed by atoms with Crippen LogP contribution in [0.2, 0.25) is 0 Å². The summed E-state index contributed by atoms with van der Waals surface area (Å²) in [5.41, 5.74) is 0. The van der Waals surface area contributed by atoms with Crippen LogP contribution in [0.15, 0.2) is 17.5 Å². The molecular weight excluding hydrogens is 212 g/mol. The van der Waals surface area contributed by atoms with Crippen LogP contribution in [0.4, 0.5) is 0 Å². The molecule has 0 spiro atoms. The molecule has 4 heteroatoms. The van der Waals surface area contributed by atoms with E-state index in [2.05, 4.69) is 0 Å². The van der Waals surface area contributed by atoms with Gasteiger partial charge in [-0.1, -0.05) is 6.07 Å². The van der Waals surface area contributed by atoms with Gasteiger partial charge < -0.3 is 9.47 Å². The summed E-state index contributed by atoms with van der Waals surface area (Å²) >= 11 is 1.53. The van der Waals surface area contributed by atoms with Gasteiger partial charge in [-0.05, 0) is 31.2 Å². The van der Waals surface area contributed by atoms with Gasteiger partial charge in [-0.15, -0.1) is 11.3 Å². The molecule has 1 aliphatic carbocycles. The lowest BCUT2D eigenvalue weighted by Crippen LogP contribution is -2.18. The van der Waals surface area contributed by atoms with E-state index in [1.165, 1.54) is 11.3 Å². The highest BCUT2D eigenvalue weighted by Crippen LogP contribution is 2.33. The highest BCUT2D eigenvalue weighted by atomic mass is 32.1. The van der Waals surface area contributed by atoms with Gasteiger partial charge in [0.1, 0.15) is 0 Å². The van der Waals surface area contributed by atoms with Crippen molar-refractivity contribution >= 4 is 17.3 Å². The van der Waals surface area contributed by atoms with Crippen molar-refractivity contribution in [3.63, 3.8) is 0 Å². The Morgan fingerprint density at radius 3 is 3.00 bits per heavy atom. The van der Waals surface area contributed by atoms with Gasteiger partial charge in [-0.25, -0.2) is 4.79 Å². The number of thiophene rings is 1. The van der Waals surface area contributed by atoms with Crippen LogP contribution in [0, 0.1) is 0 Å². The summed E-state index contributed by atoms with van der Waals surface area (Å²) in [4.78, 5) is 12.6. The number of ether oxygens (including phenoxy) is 2. The van der Waals surface area contributed by atoms with E-state index in [0.717, 1.165) is 17.7 Å². The van der Waals surface area contributed by atoms with E-state index in [9.17, 15) is 4.79 Å². The second kappa shape index (κ2) is 4.77. The second-order valence-corrected chi connectivity index (χ2v) is 4.46. The molecule has 1 saturated carbocycles. The molecule has 0 bridgehead atoms. The number of hydrogen-bond donors (Lipinski definition) is 0. The average Bonchev–Trinajstić information content (AvgIpc) is 2.88. The summed E-state index contributed by atoms with van der Waals surface area (Å²) in [6.45, 7) is 2.20. The lowest BCUT2D eigenvalue weighted by atomic mass is 10.3. The van der Waals surface area contributed by atoms with Crippen molar-refractivity contribution in [2.24, 2.45) is 0 Å². The molecule has 0 N–H and O–H groups in total. The Bertz CT molecular complexity index is 317. The van der Waals surface area contributed by atoms with Crippen LogP contribution in [0.3, 0.4) is 0 Å². The molecule has 82 valence electrons. The first-order valence-corrected chi connectivity index (χ1v) is 6.04. The predicted molar refractivity (Wildman–Crippen MR) is 57.8 cm³/mol. The number of rotatable bonds is 5. The van der Waals surface area contributed by atoms with Crippen molar-refractivity contribution in [2.75, 3.05) is 6.61 Å². The minimum atomic E-state index is -0.516. The smallest absolute Gasteiger partial charge is 0.340 e. The van der Waals surface area contributed by atoms with E-state index in [1.54, 1.807) is 6.92 Å². The molecule has 0 amide bonds. The summed E-state index contributed by atoms with van der Waals surface area (Å²) in [5.74, 6) is -0.271. The summed E-state index contributed by atoms with van der Waals surface area (Å²) in [5, 5.41) is 1.94. The predicted octanol–water partition coefficient (Wildman–Crippen LogP) is 2.53. The molecular formula is C11H14O3S. The molecule has 1 aromatic heterocycles. The number of carbonyl (C=O) groups is 1. The fraction of sp³-hybridized carbons (Fsp3) is 0.545. The Labute approximate surface area is 93.0 Å². The van der Waals surface area contributed by atoms with E-state index in [1.807, 2.05) is 17.5 Å². The lowest BCUT2D eigenvalue weighted by molar-refractivity contribution is -0.158. The first-order chi connectivity index (χ1) is 7.31. The topological polar surface area (TPSA) is 35.5 Å². The molecule has 0 aromatic carbocycles. The Kier molecular flexibility index (Phi) is 3.38. The average molecular weight is 226 g/mol. The van der Waals surface area contributed by atoms with Crippen molar-refractivity contribution < 1.29 is 14.3 Å². The molecule has 15 heavy (non-hydrogen) atoms. The number of hydrogen-bond acceptors (Lipinski definition) is 4. The van der Waals surface area contributed by atoms with Crippen LogP contribution in [0.1, 0.15) is 30.7 Å². The van der Waals surface area contributed by atoms with Crippen molar-refractivity contribution in [1.29, 1.82) is 0 Å². The highest BCUT2D eigenvalue weighted by Gasteiger charge is 2.32. The Balaban J connectivity index is 2.04. The van der Waals surface area contributed by atoms with Gasteiger partial charge in [0.25, 0.3) is 0 Å². The first-order valence-electron chi connectivity index (χ1n) is 5.16. The van der Waals surface area contributed by atoms with E-state index in [-0.39, 0.29) is 12.1 Å². The normalized spacial score (nSPS) is 17.4. The molecule has 1 unspecified atom stereocenters. The van der Waals surface area contributed by atoms with E-state index < -0.39 is 6.10 Å². The zero-order valence-corrected chi connectivity index (χ0v) is 9.46. The quantitative estimate of drug-likeness (QED) is 0.724. The molecule has 1 aliphatic rings. The van der Waals surface area contributed by atoms with Crippen LogP contribution < -0.4 is 0 Å². The maximum absolute atomic E-state index is 11.7. The van der Waals surface area contributed by atoms with E-state index >= 15 is 0 Å². The Hall–Kier alpha value is -0.870. The van der Waals surface area contributed by atoms with Crippen LogP contribution >= 0.6 is 11.3 Å². The molecule has 1 fully saturated rings. The minimum absolute atomic E-state index is 0.251. The van der Waals surface area contributed by atoms with Crippen molar-refractivity contribution in [1.82, 2.24) is 0 Å². The van der Waals surface area contributed by atoms with Crippen LogP contribution in [-0.4, -0.2) is 18.7 Å². The van der Waals surface area contributed by atoms with Crippen LogP contribution in [-0.2, 0) is 14.3 Å². The first kappa shape index (κ1) is 10.6. The van der Waals surface area contributed by atoms with Gasteiger partial charge in [-0.3, -0.25) is 0 Å². The van der Waals surface area contributed by atoms with Crippen molar-refractivity contribution in [2.45, 2.75) is 32.0 Å². The van der Waals surface area contributed by atoms with E-state index in [4.69, 9.17) is 9.47 Å². The molecule has 1 atom stereocenters. The lowest BCUT2D eigenvalue weighted by Gasteiger charge is -2.14. The maximum Gasteiger partial charge on any atom is 0.340 e. The monoisotopic (exact) mass is 226 g/mol. The van der Waals surface area contributed by atoms with Gasteiger partial charge in [0.2, 0.25) is 0 Å². The molecule has 1 aromatic rings. The van der Waals surface area contributed by atoms with Gasteiger partial charge >= 0.3 is 5.97 Å². The van der Waals surface area contributed by atoms with E-state index in [0.29, 0.717) is 6.61 Å². The third-order valence-electron chi connectivity index (χ3n) is 2.16. The standard InChI is InChI=1S/C11H14O3S/c1-2-13-11(12)10(14-8-5-6-8)9-4-3-7-15-9/h3-4,7-8,10H,2,5-6H2,1H3. The Morgan fingerprint density at radius 1 is 1.67 bits per heavy atom. The van der Waals surface area contributed by atoms with Crippen molar-refractivity contribution in [3.05, 3.63) is 22.4 Å². The van der Waals surface area contributed by atoms with Crippen LogP contribution in [0.5, 0.6) is 0 Å². The highest BCUT2D eigenvalue weighted by molar-refractivity contribution is 7.10. The zero-order valence-electron chi connectivity index (χ0n) is 8.64. The molecule has 2 rings (SSSR count). The zero-order chi connectivity index (χ0) is 10.7. The van der Waals surface area contributed by atoms with Gasteiger partial charge in [0.15, 0.2) is 6.10 Å². The fourth-order valence-corrected chi connectivity index (χ4v) is 2.04. The number of carbonyl (C=O) groups excluding carboxylic acids is 1. The summed E-state index contributed by atoms with van der Waals surface area (Å²) in [7, 11) is 0. The van der Waals surface area contributed by atoms with Gasteiger partial charge in [0.05, 0.1) is 12.7 Å². The molecule has 0 aliphatic heterocycles. The fourth-order valence-electron chi connectivity index (χ4n) is 1.29. The Morgan fingerprint density at radius 2 is 2.47 bits per heavy atom. The van der Waals surface area contributed by atoms with Gasteiger partial charge in [0, 0.05) is 4.88 Å². The SMILES string of the molecule is CCOC(=O)C(OC1CC1)c1cccs1. The third kappa shape index (κ3) is 2.79. The maximum atomic E-state index is 11.7.